The lowest BCUT2D eigenvalue weighted by atomic mass is 10.1. The lowest BCUT2D eigenvalue weighted by Gasteiger charge is -2.22. The molecule has 1 aromatic rings. The van der Waals surface area contributed by atoms with Gasteiger partial charge >= 0.3 is 0 Å². The summed E-state index contributed by atoms with van der Waals surface area (Å²) in [5.41, 5.74) is 6.19. The molecule has 0 radical (unpaired) electrons. The Morgan fingerprint density at radius 2 is 2.28 bits per heavy atom. The van der Waals surface area contributed by atoms with Gasteiger partial charge in [0.2, 0.25) is 0 Å². The van der Waals surface area contributed by atoms with Crippen LogP contribution in [0.15, 0.2) is 23.4 Å². The van der Waals surface area contributed by atoms with E-state index in [0.717, 1.165) is 6.42 Å². The van der Waals surface area contributed by atoms with Crippen molar-refractivity contribution < 1.29 is 14.3 Å². The van der Waals surface area contributed by atoms with Crippen LogP contribution < -0.4 is 10.6 Å². The molecule has 0 saturated carbocycles. The predicted octanol–water partition coefficient (Wildman–Crippen LogP) is 1.39. The second-order valence-corrected chi connectivity index (χ2v) is 3.89. The molecule has 0 aliphatic rings. The topological polar surface area (TPSA) is 71.1 Å². The smallest absolute Gasteiger partial charge is 0.175 e. The minimum atomic E-state index is -0.513. The van der Waals surface area contributed by atoms with Crippen molar-refractivity contribution in [1.29, 1.82) is 0 Å². The molecule has 18 heavy (non-hydrogen) atoms. The van der Waals surface area contributed by atoms with Gasteiger partial charge in [-0.3, -0.25) is 0 Å². The summed E-state index contributed by atoms with van der Waals surface area (Å²) in [4.78, 5) is 1.84. The lowest BCUT2D eigenvalue weighted by molar-refractivity contribution is 0.196. The average Bonchev–Trinajstić information content (AvgIpc) is 2.37. The first kappa shape index (κ1) is 14.2. The van der Waals surface area contributed by atoms with E-state index in [4.69, 9.17) is 15.7 Å². The summed E-state index contributed by atoms with van der Waals surface area (Å²) in [6.45, 7) is 1.31. The van der Waals surface area contributed by atoms with Gasteiger partial charge in [0, 0.05) is 27.3 Å². The summed E-state index contributed by atoms with van der Waals surface area (Å²) in [6, 6.07) is 4.59. The molecule has 1 aromatic carbocycles. The predicted molar refractivity (Wildman–Crippen MR) is 68.7 cm³/mol. The number of hydrogen-bond donors (Lipinski definition) is 2. The van der Waals surface area contributed by atoms with Gasteiger partial charge in [-0.2, -0.15) is 0 Å². The lowest BCUT2D eigenvalue weighted by Crippen LogP contribution is -2.25. The Morgan fingerprint density at radius 1 is 1.56 bits per heavy atom. The molecule has 0 unspecified atom stereocenters. The monoisotopic (exact) mass is 255 g/mol. The van der Waals surface area contributed by atoms with E-state index in [-0.39, 0.29) is 11.4 Å². The highest BCUT2D eigenvalue weighted by Gasteiger charge is 2.15. The highest BCUT2D eigenvalue weighted by Crippen LogP contribution is 2.22. The molecule has 6 heteroatoms. The number of methoxy groups -OCH3 is 1. The van der Waals surface area contributed by atoms with Crippen molar-refractivity contribution in [3.8, 4) is 0 Å². The van der Waals surface area contributed by atoms with Gasteiger partial charge in [0.25, 0.3) is 0 Å². The highest BCUT2D eigenvalue weighted by molar-refractivity contribution is 6.02. The summed E-state index contributed by atoms with van der Waals surface area (Å²) >= 11 is 0. The molecule has 100 valence electrons. The van der Waals surface area contributed by atoms with Crippen LogP contribution >= 0.6 is 0 Å². The number of anilines is 1. The third-order valence-corrected chi connectivity index (χ3v) is 2.61. The Bertz CT molecular complexity index is 424. The number of rotatable bonds is 6. The molecular formula is C12H18FN3O2. The number of hydrogen-bond acceptors (Lipinski definition) is 4. The largest absolute Gasteiger partial charge is 0.409 e. The second kappa shape index (κ2) is 6.80. The fraction of sp³-hybridized carbons (Fsp3) is 0.417. The van der Waals surface area contributed by atoms with E-state index in [0.29, 0.717) is 18.8 Å². The zero-order valence-corrected chi connectivity index (χ0v) is 10.6. The van der Waals surface area contributed by atoms with E-state index in [1.54, 1.807) is 19.2 Å². The zero-order valence-electron chi connectivity index (χ0n) is 10.6. The van der Waals surface area contributed by atoms with Gasteiger partial charge < -0.3 is 20.6 Å². The van der Waals surface area contributed by atoms with Crippen LogP contribution in [0.5, 0.6) is 0 Å². The number of nitrogens with two attached hydrogens (primary N) is 1. The Morgan fingerprint density at radius 3 is 2.89 bits per heavy atom. The van der Waals surface area contributed by atoms with Gasteiger partial charge in [-0.15, -0.1) is 0 Å². The normalized spacial score (nSPS) is 11.6. The maximum atomic E-state index is 13.7. The van der Waals surface area contributed by atoms with Crippen molar-refractivity contribution in [1.82, 2.24) is 0 Å². The maximum Gasteiger partial charge on any atom is 0.175 e. The number of ether oxygens (including phenoxy) is 1. The van der Waals surface area contributed by atoms with E-state index >= 15 is 0 Å². The number of nitrogens with zero attached hydrogens (tertiary/aromatic N) is 2. The number of halogens is 1. The summed E-state index contributed by atoms with van der Waals surface area (Å²) < 4.78 is 18.7. The first-order valence-corrected chi connectivity index (χ1v) is 5.58. The molecule has 0 aliphatic heterocycles. The molecule has 0 bridgehead atoms. The van der Waals surface area contributed by atoms with Crippen LogP contribution in [0.1, 0.15) is 12.0 Å². The third kappa shape index (κ3) is 3.33. The van der Waals surface area contributed by atoms with Crippen LogP contribution in [0.2, 0.25) is 0 Å². The quantitative estimate of drug-likeness (QED) is 0.265. The van der Waals surface area contributed by atoms with E-state index < -0.39 is 5.82 Å². The van der Waals surface area contributed by atoms with Gasteiger partial charge in [-0.25, -0.2) is 4.39 Å². The summed E-state index contributed by atoms with van der Waals surface area (Å²) in [5.74, 6) is -0.747. The molecule has 0 aliphatic carbocycles. The van der Waals surface area contributed by atoms with E-state index in [9.17, 15) is 4.39 Å². The van der Waals surface area contributed by atoms with Crippen molar-refractivity contribution in [3.05, 3.63) is 29.6 Å². The summed E-state index contributed by atoms with van der Waals surface area (Å²) in [5, 5.41) is 11.6. The van der Waals surface area contributed by atoms with Crippen molar-refractivity contribution >= 4 is 11.5 Å². The molecule has 5 nitrogen and oxygen atoms in total. The van der Waals surface area contributed by atoms with Crippen LogP contribution in [0, 0.1) is 5.82 Å². The molecule has 1 rings (SSSR count). The Kier molecular flexibility index (Phi) is 5.38. The number of amidine groups is 1. The third-order valence-electron chi connectivity index (χ3n) is 2.61. The van der Waals surface area contributed by atoms with Gasteiger partial charge in [0.05, 0.1) is 11.3 Å². The molecule has 0 spiro atoms. The molecule has 0 amide bonds. The van der Waals surface area contributed by atoms with Crippen molar-refractivity contribution in [2.75, 3.05) is 32.2 Å². The molecule has 0 saturated heterocycles. The van der Waals surface area contributed by atoms with Crippen LogP contribution in [-0.4, -0.2) is 38.4 Å². The van der Waals surface area contributed by atoms with Crippen LogP contribution in [0.3, 0.4) is 0 Å². The average molecular weight is 255 g/mol. The zero-order chi connectivity index (χ0) is 13.5. The first-order chi connectivity index (χ1) is 8.61. The maximum absolute atomic E-state index is 13.7. The first-order valence-electron chi connectivity index (χ1n) is 5.58. The Hall–Kier alpha value is -1.82. The van der Waals surface area contributed by atoms with Gasteiger partial charge in [0.15, 0.2) is 5.84 Å². The number of oxime groups is 1. The van der Waals surface area contributed by atoms with Crippen LogP contribution in [0.25, 0.3) is 0 Å². The van der Waals surface area contributed by atoms with Crippen LogP contribution in [0.4, 0.5) is 10.1 Å². The molecule has 0 heterocycles. The molecule has 3 N–H and O–H groups in total. The number of benzene rings is 1. The highest BCUT2D eigenvalue weighted by atomic mass is 19.1. The van der Waals surface area contributed by atoms with Gasteiger partial charge in [0.1, 0.15) is 5.82 Å². The van der Waals surface area contributed by atoms with Gasteiger partial charge in [-0.05, 0) is 18.6 Å². The van der Waals surface area contributed by atoms with Crippen LogP contribution in [-0.2, 0) is 4.74 Å². The summed E-state index contributed by atoms with van der Waals surface area (Å²) in [6.07, 6.45) is 0.805. The Labute approximate surface area is 106 Å². The SMILES string of the molecule is COCCCN(C)c1cccc(F)c1C(N)=NO. The molecule has 0 fully saturated rings. The molecular weight excluding hydrogens is 237 g/mol. The fourth-order valence-electron chi connectivity index (χ4n) is 1.70. The van der Waals surface area contributed by atoms with Crippen molar-refractivity contribution in [3.63, 3.8) is 0 Å². The standard InChI is InChI=1S/C12H18FN3O2/c1-16(7-4-8-18-2)10-6-3-5-9(13)11(10)12(14)15-17/h3,5-6,17H,4,7-8H2,1-2H3,(H2,14,15). The summed E-state index contributed by atoms with van der Waals surface area (Å²) in [7, 11) is 3.45. The minimum Gasteiger partial charge on any atom is -0.409 e. The van der Waals surface area contributed by atoms with Crippen molar-refractivity contribution in [2.45, 2.75) is 6.42 Å². The van der Waals surface area contributed by atoms with E-state index in [1.165, 1.54) is 6.07 Å². The Balaban J connectivity index is 2.97. The molecule has 0 atom stereocenters. The minimum absolute atomic E-state index is 0.111. The van der Waals surface area contributed by atoms with Gasteiger partial charge in [-0.1, -0.05) is 11.2 Å². The van der Waals surface area contributed by atoms with E-state index in [1.807, 2.05) is 11.9 Å². The fourth-order valence-corrected chi connectivity index (χ4v) is 1.70. The van der Waals surface area contributed by atoms with E-state index in [2.05, 4.69) is 5.16 Å². The second-order valence-electron chi connectivity index (χ2n) is 3.89. The van der Waals surface area contributed by atoms with Crippen molar-refractivity contribution in [2.24, 2.45) is 10.9 Å². The molecule has 0 aromatic heterocycles.